The number of aromatic nitrogens is 2. The summed E-state index contributed by atoms with van der Waals surface area (Å²) in [6.45, 7) is 0. The van der Waals surface area contributed by atoms with Gasteiger partial charge in [-0.1, -0.05) is 5.16 Å². The molecular weight excluding hydrogens is 168 g/mol. The normalized spacial score (nSPS) is 12.2. The van der Waals surface area contributed by atoms with Gasteiger partial charge in [-0.3, -0.25) is 4.57 Å². The third-order valence-electron chi connectivity index (χ3n) is 1.80. The highest BCUT2D eigenvalue weighted by Gasteiger charge is 2.03. The number of oxime groups is 1. The Morgan fingerprint density at radius 1 is 1.54 bits per heavy atom. The van der Waals surface area contributed by atoms with Crippen molar-refractivity contribution in [3.8, 4) is 0 Å². The van der Waals surface area contributed by atoms with E-state index in [1.165, 1.54) is 4.57 Å². The zero-order valence-electron chi connectivity index (χ0n) is 6.75. The first-order valence-electron chi connectivity index (χ1n) is 3.73. The molecule has 5 heteroatoms. The van der Waals surface area contributed by atoms with Crippen molar-refractivity contribution < 1.29 is 5.21 Å². The molecule has 2 aromatic heterocycles. The van der Waals surface area contributed by atoms with E-state index < -0.39 is 0 Å². The molecule has 0 aromatic carbocycles. The van der Waals surface area contributed by atoms with Gasteiger partial charge in [0, 0.05) is 17.8 Å². The predicted molar refractivity (Wildman–Crippen MR) is 48.5 cm³/mol. The fraction of sp³-hybridized carbons (Fsp3) is 0. The number of nitrogens with zero attached hydrogens (tertiary/aromatic N) is 3. The van der Waals surface area contributed by atoms with Gasteiger partial charge in [-0.25, -0.2) is 4.98 Å². The van der Waals surface area contributed by atoms with Crippen LogP contribution in [0.2, 0.25) is 0 Å². The van der Waals surface area contributed by atoms with Crippen molar-refractivity contribution >= 4 is 17.0 Å². The van der Waals surface area contributed by atoms with Gasteiger partial charge in [-0.2, -0.15) is 0 Å². The van der Waals surface area contributed by atoms with Crippen molar-refractivity contribution in [2.45, 2.75) is 0 Å². The van der Waals surface area contributed by atoms with E-state index >= 15 is 0 Å². The maximum atomic E-state index is 8.48. The van der Waals surface area contributed by atoms with Gasteiger partial charge in [-0.15, -0.1) is 0 Å². The summed E-state index contributed by atoms with van der Waals surface area (Å²) in [7, 11) is 0. The number of rotatable bonds is 0. The van der Waals surface area contributed by atoms with Crippen LogP contribution in [0.25, 0.3) is 11.0 Å². The van der Waals surface area contributed by atoms with E-state index in [0.29, 0.717) is 5.65 Å². The fourth-order valence-corrected chi connectivity index (χ4v) is 1.20. The van der Waals surface area contributed by atoms with Crippen molar-refractivity contribution in [2.24, 2.45) is 10.9 Å². The molecule has 0 fully saturated rings. The van der Waals surface area contributed by atoms with E-state index in [2.05, 4.69) is 10.1 Å². The van der Waals surface area contributed by atoms with E-state index in [1.54, 1.807) is 12.4 Å². The molecular formula is C8H8N4O. The Morgan fingerprint density at radius 3 is 3.15 bits per heavy atom. The molecule has 0 unspecified atom stereocenters. The summed E-state index contributed by atoms with van der Waals surface area (Å²) in [6.07, 6.45) is 3.36. The van der Waals surface area contributed by atoms with Gasteiger partial charge in [0.25, 0.3) is 0 Å². The highest BCUT2D eigenvalue weighted by Crippen LogP contribution is 2.10. The lowest BCUT2D eigenvalue weighted by molar-refractivity contribution is 0.316. The highest BCUT2D eigenvalue weighted by molar-refractivity contribution is 5.90. The van der Waals surface area contributed by atoms with Crippen LogP contribution >= 0.6 is 0 Å². The number of hydrogen-bond donors (Lipinski definition) is 2. The minimum Gasteiger partial charge on any atom is -0.408 e. The molecule has 0 amide bonds. The van der Waals surface area contributed by atoms with Crippen LogP contribution < -0.4 is 5.73 Å². The van der Waals surface area contributed by atoms with Crippen molar-refractivity contribution in [1.82, 2.24) is 9.55 Å². The fourth-order valence-electron chi connectivity index (χ4n) is 1.20. The number of fused-ring (bicyclic) bond motifs is 1. The molecule has 3 N–H and O–H groups in total. The lowest BCUT2D eigenvalue weighted by Crippen LogP contribution is -2.21. The van der Waals surface area contributed by atoms with Gasteiger partial charge in [0.15, 0.2) is 0 Å². The van der Waals surface area contributed by atoms with Gasteiger partial charge in [-0.05, 0) is 18.2 Å². The first kappa shape index (κ1) is 7.60. The maximum absolute atomic E-state index is 8.48. The minimum atomic E-state index is 0.00806. The first-order chi connectivity index (χ1) is 6.33. The van der Waals surface area contributed by atoms with Gasteiger partial charge in [0.2, 0.25) is 5.96 Å². The summed E-state index contributed by atoms with van der Waals surface area (Å²) in [5.41, 5.74) is 6.11. The molecule has 0 spiro atoms. The monoisotopic (exact) mass is 176 g/mol. The second kappa shape index (κ2) is 2.78. The average molecular weight is 176 g/mol. The van der Waals surface area contributed by atoms with E-state index in [0.717, 1.165) is 5.39 Å². The third-order valence-corrected chi connectivity index (χ3v) is 1.80. The molecule has 5 nitrogen and oxygen atoms in total. The Bertz CT molecular complexity index is 460. The second-order valence-corrected chi connectivity index (χ2v) is 2.56. The molecule has 0 saturated carbocycles. The highest BCUT2D eigenvalue weighted by atomic mass is 16.4. The lowest BCUT2D eigenvalue weighted by Gasteiger charge is -1.99. The molecule has 2 rings (SSSR count). The number of nitrogens with two attached hydrogens (primary N) is 1. The van der Waals surface area contributed by atoms with Crippen molar-refractivity contribution in [3.63, 3.8) is 0 Å². The maximum Gasteiger partial charge on any atom is 0.243 e. The van der Waals surface area contributed by atoms with E-state index in [4.69, 9.17) is 10.9 Å². The van der Waals surface area contributed by atoms with Crippen molar-refractivity contribution in [2.75, 3.05) is 0 Å². The van der Waals surface area contributed by atoms with Crippen LogP contribution in [0.5, 0.6) is 0 Å². The molecule has 2 heterocycles. The Hall–Kier alpha value is -2.04. The smallest absolute Gasteiger partial charge is 0.243 e. The minimum absolute atomic E-state index is 0.00806. The summed E-state index contributed by atoms with van der Waals surface area (Å²) in [4.78, 5) is 4.10. The second-order valence-electron chi connectivity index (χ2n) is 2.56. The first-order valence-corrected chi connectivity index (χ1v) is 3.73. The SMILES string of the molecule is NC(=NO)n1ccc2cccnc21. The Kier molecular flexibility index (Phi) is 1.63. The molecule has 0 atom stereocenters. The zero-order chi connectivity index (χ0) is 9.26. The third kappa shape index (κ3) is 1.10. The summed E-state index contributed by atoms with van der Waals surface area (Å²) in [5, 5.41) is 12.3. The summed E-state index contributed by atoms with van der Waals surface area (Å²) in [6, 6.07) is 5.59. The van der Waals surface area contributed by atoms with Crippen LogP contribution in [-0.4, -0.2) is 20.7 Å². The molecule has 0 saturated heterocycles. The molecule has 0 aliphatic carbocycles. The van der Waals surface area contributed by atoms with E-state index in [-0.39, 0.29) is 5.96 Å². The molecule has 66 valence electrons. The van der Waals surface area contributed by atoms with Crippen LogP contribution in [0.15, 0.2) is 35.7 Å². The number of hydrogen-bond acceptors (Lipinski definition) is 3. The van der Waals surface area contributed by atoms with Gasteiger partial charge in [0.1, 0.15) is 5.65 Å². The van der Waals surface area contributed by atoms with Gasteiger partial charge < -0.3 is 10.9 Å². The lowest BCUT2D eigenvalue weighted by atomic mass is 10.3. The molecule has 0 bridgehead atoms. The van der Waals surface area contributed by atoms with E-state index in [1.807, 2.05) is 18.2 Å². The molecule has 13 heavy (non-hydrogen) atoms. The molecule has 0 aliphatic rings. The largest absolute Gasteiger partial charge is 0.408 e. The standard InChI is InChI=1S/C8H8N4O/c9-8(11-13)12-5-3-6-2-1-4-10-7(6)12/h1-5,13H,(H2,9,11). The van der Waals surface area contributed by atoms with Crippen LogP contribution in [0.3, 0.4) is 0 Å². The summed E-state index contributed by atoms with van der Waals surface area (Å²) < 4.78 is 1.51. The molecule has 0 radical (unpaired) electrons. The number of pyridine rings is 1. The van der Waals surface area contributed by atoms with Crippen LogP contribution in [0.1, 0.15) is 0 Å². The predicted octanol–water partition coefficient (Wildman–Crippen LogP) is 0.588. The summed E-state index contributed by atoms with van der Waals surface area (Å²) >= 11 is 0. The zero-order valence-corrected chi connectivity index (χ0v) is 6.75. The van der Waals surface area contributed by atoms with Gasteiger partial charge in [0.05, 0.1) is 0 Å². The molecule has 0 aliphatic heterocycles. The van der Waals surface area contributed by atoms with Crippen LogP contribution in [-0.2, 0) is 0 Å². The van der Waals surface area contributed by atoms with Crippen molar-refractivity contribution in [1.29, 1.82) is 0 Å². The van der Waals surface area contributed by atoms with Crippen LogP contribution in [0.4, 0.5) is 0 Å². The molecule has 2 aromatic rings. The Labute approximate surface area is 74.1 Å². The van der Waals surface area contributed by atoms with Crippen molar-refractivity contribution in [3.05, 3.63) is 30.6 Å². The van der Waals surface area contributed by atoms with Gasteiger partial charge >= 0.3 is 0 Å². The quantitative estimate of drug-likeness (QED) is 0.267. The Morgan fingerprint density at radius 2 is 2.38 bits per heavy atom. The Balaban J connectivity index is 2.71. The topological polar surface area (TPSA) is 76.4 Å². The van der Waals surface area contributed by atoms with E-state index in [9.17, 15) is 0 Å². The van der Waals surface area contributed by atoms with Crippen LogP contribution in [0, 0.1) is 0 Å². The summed E-state index contributed by atoms with van der Waals surface area (Å²) in [5.74, 6) is 0.00806. The average Bonchev–Trinajstić information content (AvgIpc) is 2.60.